The zero-order chi connectivity index (χ0) is 9.42. The maximum Gasteiger partial charge on any atom is 0.339 e. The molecule has 1 aromatic heterocycles. The highest BCUT2D eigenvalue weighted by Crippen LogP contribution is 1.87. The monoisotopic (exact) mass is 175 g/mol. The minimum atomic E-state index is -0.858. The van der Waals surface area contributed by atoms with Crippen LogP contribution in [0.25, 0.3) is 0 Å². The Bertz CT molecular complexity index is 519. The van der Waals surface area contributed by atoms with Crippen LogP contribution in [0.15, 0.2) is 22.2 Å². The first-order valence-corrected chi connectivity index (χ1v) is 3.65. The molecule has 0 atom stereocenters. The predicted octanol–water partition coefficient (Wildman–Crippen LogP) is -1.30. The Labute approximate surface area is 72.9 Å². The van der Waals surface area contributed by atoms with Gasteiger partial charge < -0.3 is 0 Å². The van der Waals surface area contributed by atoms with Crippen molar-refractivity contribution in [3.63, 3.8) is 0 Å². The van der Waals surface area contributed by atoms with Crippen molar-refractivity contribution in [1.29, 1.82) is 0 Å². The molecule has 2 rings (SSSR count). The summed E-state index contributed by atoms with van der Waals surface area (Å²) in [6, 6.07) is 1.66. The number of amides is 2. The quantitative estimate of drug-likeness (QED) is 0.460. The fourth-order valence-electron chi connectivity index (χ4n) is 1.02. The first-order valence-electron chi connectivity index (χ1n) is 3.65. The van der Waals surface area contributed by atoms with Crippen LogP contribution in [-0.2, 0) is 9.59 Å². The molecule has 1 aliphatic heterocycles. The highest BCUT2D eigenvalue weighted by molar-refractivity contribution is 6.36. The summed E-state index contributed by atoms with van der Waals surface area (Å²) >= 11 is 0. The fraction of sp³-hybridized carbons (Fsp3) is 0.125. The Morgan fingerprint density at radius 3 is 2.62 bits per heavy atom. The fourth-order valence-corrected chi connectivity index (χ4v) is 1.02. The third-order valence-electron chi connectivity index (χ3n) is 1.60. The number of carbonyl (C=O) groups excluding carboxylic acids is 2. The largest absolute Gasteiger partial charge is 0.339 e. The van der Waals surface area contributed by atoms with E-state index in [1.54, 1.807) is 12.3 Å². The lowest BCUT2D eigenvalue weighted by Crippen LogP contribution is -2.36. The Morgan fingerprint density at radius 2 is 1.85 bits per heavy atom. The average molecular weight is 175 g/mol. The molecule has 0 saturated heterocycles. The van der Waals surface area contributed by atoms with E-state index in [9.17, 15) is 9.59 Å². The van der Waals surface area contributed by atoms with Gasteiger partial charge in [0.2, 0.25) is 0 Å². The van der Waals surface area contributed by atoms with Crippen molar-refractivity contribution >= 4 is 11.8 Å². The van der Waals surface area contributed by atoms with E-state index in [-0.39, 0.29) is 5.49 Å². The third kappa shape index (κ3) is 1.24. The van der Waals surface area contributed by atoms with Crippen LogP contribution in [0.5, 0.6) is 0 Å². The lowest BCUT2D eigenvalue weighted by Gasteiger charge is -1.96. The number of hydrogen-bond acceptors (Lipinski definition) is 3. The summed E-state index contributed by atoms with van der Waals surface area (Å²) in [6.07, 6.45) is 1.57. The molecule has 0 bridgehead atoms. The van der Waals surface area contributed by atoms with Crippen molar-refractivity contribution in [2.45, 2.75) is 6.92 Å². The van der Waals surface area contributed by atoms with E-state index < -0.39 is 11.8 Å². The van der Waals surface area contributed by atoms with Gasteiger partial charge in [0.1, 0.15) is 5.36 Å². The molecule has 0 unspecified atom stereocenters. The molecule has 0 N–H and O–H groups in total. The second-order valence-corrected chi connectivity index (χ2v) is 2.69. The Morgan fingerprint density at radius 1 is 1.15 bits per heavy atom. The van der Waals surface area contributed by atoms with Gasteiger partial charge in [-0.05, 0) is 18.6 Å². The van der Waals surface area contributed by atoms with Gasteiger partial charge in [0.15, 0.2) is 5.49 Å². The molecule has 1 aliphatic rings. The van der Waals surface area contributed by atoms with Gasteiger partial charge in [-0.3, -0.25) is 9.59 Å². The molecule has 2 amide bonds. The van der Waals surface area contributed by atoms with E-state index in [0.29, 0.717) is 5.36 Å². The molecule has 0 spiro atoms. The van der Waals surface area contributed by atoms with Crippen LogP contribution in [0, 0.1) is 6.92 Å². The number of fused-ring (bicyclic) bond motifs is 1. The second-order valence-electron chi connectivity index (χ2n) is 2.69. The van der Waals surface area contributed by atoms with Crippen LogP contribution in [0.4, 0.5) is 0 Å². The Hall–Kier alpha value is -1.91. The zero-order valence-electron chi connectivity index (χ0n) is 6.81. The first-order chi connectivity index (χ1) is 6.16. The second kappa shape index (κ2) is 2.55. The van der Waals surface area contributed by atoms with E-state index in [1.165, 1.54) is 0 Å². The molecule has 0 radical (unpaired) electrons. The highest BCUT2D eigenvalue weighted by Gasteiger charge is 2.15. The maximum atomic E-state index is 10.8. The SMILES string of the molecule is Cc1cnc2c(c1)=NC(=O)C(=O)N=2. The van der Waals surface area contributed by atoms with Crippen LogP contribution < -0.4 is 10.8 Å². The van der Waals surface area contributed by atoms with Gasteiger partial charge >= 0.3 is 11.8 Å². The summed E-state index contributed by atoms with van der Waals surface area (Å²) in [5.41, 5.74) is 1.09. The lowest BCUT2D eigenvalue weighted by atomic mass is 10.3. The molecule has 2 heterocycles. The third-order valence-corrected chi connectivity index (χ3v) is 1.60. The smallest absolute Gasteiger partial charge is 0.261 e. The van der Waals surface area contributed by atoms with E-state index in [4.69, 9.17) is 0 Å². The van der Waals surface area contributed by atoms with Gasteiger partial charge in [-0.1, -0.05) is 0 Å². The molecule has 64 valence electrons. The number of aryl methyl sites for hydroxylation is 1. The van der Waals surface area contributed by atoms with Gasteiger partial charge in [0, 0.05) is 6.20 Å². The van der Waals surface area contributed by atoms with Crippen LogP contribution >= 0.6 is 0 Å². The Balaban J connectivity index is 2.85. The van der Waals surface area contributed by atoms with Gasteiger partial charge in [-0.2, -0.15) is 4.99 Å². The average Bonchev–Trinajstić information content (AvgIpc) is 2.08. The molecule has 0 aromatic carbocycles. The van der Waals surface area contributed by atoms with Gasteiger partial charge in [-0.15, -0.1) is 0 Å². The zero-order valence-corrected chi connectivity index (χ0v) is 6.81. The Kier molecular flexibility index (Phi) is 1.51. The van der Waals surface area contributed by atoms with Crippen molar-refractivity contribution in [2.24, 2.45) is 9.98 Å². The predicted molar refractivity (Wildman–Crippen MR) is 41.3 cm³/mol. The molecule has 5 nitrogen and oxygen atoms in total. The first kappa shape index (κ1) is 7.72. The molecule has 0 saturated carbocycles. The van der Waals surface area contributed by atoms with Crippen molar-refractivity contribution in [3.8, 4) is 0 Å². The van der Waals surface area contributed by atoms with Gasteiger partial charge in [-0.25, -0.2) is 9.98 Å². The maximum absolute atomic E-state index is 10.8. The van der Waals surface area contributed by atoms with Crippen LogP contribution in [-0.4, -0.2) is 16.8 Å². The minimum absolute atomic E-state index is 0.218. The highest BCUT2D eigenvalue weighted by atomic mass is 16.2. The number of pyridine rings is 1. The number of carbonyl (C=O) groups is 2. The van der Waals surface area contributed by atoms with Crippen LogP contribution in [0.3, 0.4) is 0 Å². The summed E-state index contributed by atoms with van der Waals surface area (Å²) in [5, 5.41) is 0.365. The van der Waals surface area contributed by atoms with Crippen LogP contribution in [0.2, 0.25) is 0 Å². The van der Waals surface area contributed by atoms with Gasteiger partial charge in [0.05, 0.1) is 0 Å². The number of nitrogens with zero attached hydrogens (tertiary/aromatic N) is 3. The number of hydrogen-bond donors (Lipinski definition) is 0. The number of rotatable bonds is 0. The summed E-state index contributed by atoms with van der Waals surface area (Å²) in [4.78, 5) is 32.5. The minimum Gasteiger partial charge on any atom is -0.261 e. The summed E-state index contributed by atoms with van der Waals surface area (Å²) < 4.78 is 0. The molecule has 0 aliphatic carbocycles. The standard InChI is InChI=1S/C8H5N3O2/c1-4-2-5-6(9-3-4)11-8(13)7(12)10-5/h2-3H,1H3. The molecule has 1 aromatic rings. The van der Waals surface area contributed by atoms with E-state index >= 15 is 0 Å². The van der Waals surface area contributed by atoms with Crippen molar-refractivity contribution in [3.05, 3.63) is 28.7 Å². The normalized spacial score (nSPS) is 14.5. The summed E-state index contributed by atoms with van der Waals surface area (Å²) in [5.74, 6) is -1.69. The van der Waals surface area contributed by atoms with Crippen molar-refractivity contribution < 1.29 is 9.59 Å². The van der Waals surface area contributed by atoms with Gasteiger partial charge in [0.25, 0.3) is 0 Å². The molecule has 5 heteroatoms. The lowest BCUT2D eigenvalue weighted by molar-refractivity contribution is -0.135. The summed E-state index contributed by atoms with van der Waals surface area (Å²) in [6.45, 7) is 1.82. The van der Waals surface area contributed by atoms with Crippen molar-refractivity contribution in [2.75, 3.05) is 0 Å². The van der Waals surface area contributed by atoms with E-state index in [2.05, 4.69) is 15.0 Å². The molecule has 13 heavy (non-hydrogen) atoms. The number of aromatic nitrogens is 1. The molecule has 0 fully saturated rings. The molecular formula is C8H5N3O2. The summed E-state index contributed by atoms with van der Waals surface area (Å²) in [7, 11) is 0. The van der Waals surface area contributed by atoms with Crippen LogP contribution in [0.1, 0.15) is 5.56 Å². The van der Waals surface area contributed by atoms with Crippen molar-refractivity contribution in [1.82, 2.24) is 4.98 Å². The topological polar surface area (TPSA) is 71.8 Å². The molecular weight excluding hydrogens is 170 g/mol. The van der Waals surface area contributed by atoms with E-state index in [0.717, 1.165) is 5.56 Å². The van der Waals surface area contributed by atoms with E-state index in [1.807, 2.05) is 6.92 Å².